The summed E-state index contributed by atoms with van der Waals surface area (Å²) >= 11 is 0. The van der Waals surface area contributed by atoms with Gasteiger partial charge in [-0.05, 0) is 49.5 Å². The van der Waals surface area contributed by atoms with Gasteiger partial charge in [0, 0.05) is 13.1 Å². The topological polar surface area (TPSA) is 47.7 Å². The molecule has 0 aromatic heterocycles. The molecule has 1 atom stereocenters. The molecule has 1 aliphatic rings. The van der Waals surface area contributed by atoms with Crippen LogP contribution in [0.25, 0.3) is 0 Å². The first-order chi connectivity index (χ1) is 9.26. The molecule has 0 radical (unpaired) electrons. The fraction of sp³-hybridized carbons (Fsp3) is 0.600. The van der Waals surface area contributed by atoms with Crippen LogP contribution in [0.2, 0.25) is 0 Å². The first-order valence-electron chi connectivity index (χ1n) is 6.90. The van der Waals surface area contributed by atoms with Crippen molar-refractivity contribution >= 4 is 0 Å². The molecule has 1 aromatic rings. The van der Waals surface area contributed by atoms with Crippen LogP contribution in [0, 0.1) is 5.92 Å². The summed E-state index contributed by atoms with van der Waals surface area (Å²) in [5, 5.41) is 0. The van der Waals surface area contributed by atoms with Crippen LogP contribution in [0.3, 0.4) is 0 Å². The Kier molecular flexibility index (Phi) is 5.05. The zero-order valence-electron chi connectivity index (χ0n) is 11.9. The Morgan fingerprint density at radius 1 is 1.26 bits per heavy atom. The van der Waals surface area contributed by atoms with E-state index in [0.717, 1.165) is 43.5 Å². The third-order valence-corrected chi connectivity index (χ3v) is 3.80. The van der Waals surface area contributed by atoms with Gasteiger partial charge < -0.3 is 15.2 Å². The number of likely N-dealkylation sites (tertiary alicyclic amines) is 1. The van der Waals surface area contributed by atoms with E-state index >= 15 is 0 Å². The molecule has 1 saturated heterocycles. The fourth-order valence-electron chi connectivity index (χ4n) is 2.76. The molecule has 0 aliphatic carbocycles. The minimum atomic E-state index is 0.769. The van der Waals surface area contributed by atoms with Crippen LogP contribution in [-0.2, 0) is 6.54 Å². The van der Waals surface area contributed by atoms with Crippen molar-refractivity contribution in [3.05, 3.63) is 23.8 Å². The highest BCUT2D eigenvalue weighted by atomic mass is 16.5. The van der Waals surface area contributed by atoms with Crippen LogP contribution in [0.15, 0.2) is 18.2 Å². The predicted molar refractivity (Wildman–Crippen MR) is 76.6 cm³/mol. The van der Waals surface area contributed by atoms with Crippen LogP contribution in [0.4, 0.5) is 0 Å². The number of benzene rings is 1. The van der Waals surface area contributed by atoms with Crippen LogP contribution in [0.5, 0.6) is 11.5 Å². The standard InChI is InChI=1S/C15H24N2O2/c1-18-14-4-3-13(9-15(14)19-2)11-17-8-6-12(10-17)5-7-16/h3-4,9,12H,5-8,10-11,16H2,1-2H3. The zero-order chi connectivity index (χ0) is 13.7. The summed E-state index contributed by atoms with van der Waals surface area (Å²) in [6, 6.07) is 6.15. The van der Waals surface area contributed by atoms with E-state index in [1.807, 2.05) is 6.07 Å². The van der Waals surface area contributed by atoms with Gasteiger partial charge in [0.1, 0.15) is 0 Å². The van der Waals surface area contributed by atoms with Gasteiger partial charge in [-0.3, -0.25) is 4.90 Å². The number of ether oxygens (including phenoxy) is 2. The Bertz CT molecular complexity index is 409. The van der Waals surface area contributed by atoms with Gasteiger partial charge in [0.15, 0.2) is 11.5 Å². The van der Waals surface area contributed by atoms with E-state index < -0.39 is 0 Å². The third kappa shape index (κ3) is 3.61. The van der Waals surface area contributed by atoms with Crippen molar-refractivity contribution in [3.63, 3.8) is 0 Å². The van der Waals surface area contributed by atoms with Gasteiger partial charge in [-0.2, -0.15) is 0 Å². The average Bonchev–Trinajstić information content (AvgIpc) is 2.86. The van der Waals surface area contributed by atoms with Gasteiger partial charge in [-0.15, -0.1) is 0 Å². The van der Waals surface area contributed by atoms with Gasteiger partial charge in [-0.25, -0.2) is 0 Å². The van der Waals surface area contributed by atoms with Crippen molar-refractivity contribution in [3.8, 4) is 11.5 Å². The van der Waals surface area contributed by atoms with Crippen LogP contribution >= 0.6 is 0 Å². The van der Waals surface area contributed by atoms with Crippen molar-refractivity contribution in [1.82, 2.24) is 4.90 Å². The summed E-state index contributed by atoms with van der Waals surface area (Å²) in [4.78, 5) is 2.49. The fourth-order valence-corrected chi connectivity index (χ4v) is 2.76. The Balaban J connectivity index is 1.96. The number of nitrogens with two attached hydrogens (primary N) is 1. The minimum Gasteiger partial charge on any atom is -0.493 e. The monoisotopic (exact) mass is 264 g/mol. The molecule has 1 aromatic carbocycles. The van der Waals surface area contributed by atoms with Crippen molar-refractivity contribution in [2.75, 3.05) is 33.9 Å². The van der Waals surface area contributed by atoms with E-state index in [1.54, 1.807) is 14.2 Å². The van der Waals surface area contributed by atoms with E-state index in [-0.39, 0.29) is 0 Å². The van der Waals surface area contributed by atoms with Crippen molar-refractivity contribution in [2.24, 2.45) is 11.7 Å². The number of nitrogens with zero attached hydrogens (tertiary/aromatic N) is 1. The summed E-state index contributed by atoms with van der Waals surface area (Å²) in [7, 11) is 3.34. The summed E-state index contributed by atoms with van der Waals surface area (Å²) in [5.41, 5.74) is 6.90. The van der Waals surface area contributed by atoms with E-state index in [4.69, 9.17) is 15.2 Å². The molecular weight excluding hydrogens is 240 g/mol. The Hall–Kier alpha value is -1.26. The quantitative estimate of drug-likeness (QED) is 0.852. The Morgan fingerprint density at radius 3 is 2.74 bits per heavy atom. The molecule has 1 fully saturated rings. The van der Waals surface area contributed by atoms with Gasteiger partial charge in [0.05, 0.1) is 14.2 Å². The first kappa shape index (κ1) is 14.2. The third-order valence-electron chi connectivity index (χ3n) is 3.80. The summed E-state index contributed by atoms with van der Waals surface area (Å²) in [6.45, 7) is 4.10. The molecular formula is C15H24N2O2. The highest BCUT2D eigenvalue weighted by Gasteiger charge is 2.21. The predicted octanol–water partition coefficient (Wildman–Crippen LogP) is 1.87. The van der Waals surface area contributed by atoms with E-state index in [1.165, 1.54) is 18.5 Å². The highest BCUT2D eigenvalue weighted by Crippen LogP contribution is 2.29. The molecule has 0 amide bonds. The number of methoxy groups -OCH3 is 2. The molecule has 0 spiro atoms. The Labute approximate surface area is 115 Å². The van der Waals surface area contributed by atoms with E-state index in [9.17, 15) is 0 Å². The Morgan fingerprint density at radius 2 is 2.05 bits per heavy atom. The molecule has 2 N–H and O–H groups in total. The van der Waals surface area contributed by atoms with Gasteiger partial charge in [0.25, 0.3) is 0 Å². The summed E-state index contributed by atoms with van der Waals surface area (Å²) in [6.07, 6.45) is 2.41. The van der Waals surface area contributed by atoms with Gasteiger partial charge in [-0.1, -0.05) is 6.07 Å². The lowest BCUT2D eigenvalue weighted by atomic mass is 10.1. The molecule has 1 heterocycles. The average molecular weight is 264 g/mol. The first-order valence-corrected chi connectivity index (χ1v) is 6.90. The van der Waals surface area contributed by atoms with Crippen LogP contribution < -0.4 is 15.2 Å². The molecule has 19 heavy (non-hydrogen) atoms. The lowest BCUT2D eigenvalue weighted by Gasteiger charge is -2.17. The van der Waals surface area contributed by atoms with E-state index in [0.29, 0.717) is 0 Å². The molecule has 1 aliphatic heterocycles. The van der Waals surface area contributed by atoms with Gasteiger partial charge >= 0.3 is 0 Å². The molecule has 2 rings (SSSR count). The highest BCUT2D eigenvalue weighted by molar-refractivity contribution is 5.42. The molecule has 4 nitrogen and oxygen atoms in total. The number of hydrogen-bond donors (Lipinski definition) is 1. The molecule has 106 valence electrons. The lowest BCUT2D eigenvalue weighted by molar-refractivity contribution is 0.312. The zero-order valence-corrected chi connectivity index (χ0v) is 11.9. The van der Waals surface area contributed by atoms with Crippen molar-refractivity contribution < 1.29 is 9.47 Å². The van der Waals surface area contributed by atoms with Crippen LogP contribution in [-0.4, -0.2) is 38.8 Å². The van der Waals surface area contributed by atoms with E-state index in [2.05, 4.69) is 17.0 Å². The molecule has 0 bridgehead atoms. The SMILES string of the molecule is COc1ccc(CN2CCC(CCN)C2)cc1OC. The second-order valence-corrected chi connectivity index (χ2v) is 5.16. The van der Waals surface area contributed by atoms with Crippen molar-refractivity contribution in [1.29, 1.82) is 0 Å². The van der Waals surface area contributed by atoms with Crippen LogP contribution in [0.1, 0.15) is 18.4 Å². The smallest absolute Gasteiger partial charge is 0.161 e. The maximum absolute atomic E-state index is 5.63. The van der Waals surface area contributed by atoms with Crippen molar-refractivity contribution in [2.45, 2.75) is 19.4 Å². The number of rotatable bonds is 6. The normalized spacial score (nSPS) is 19.6. The molecule has 0 saturated carbocycles. The maximum atomic E-state index is 5.63. The summed E-state index contributed by atoms with van der Waals surface area (Å²) in [5.74, 6) is 2.36. The second kappa shape index (κ2) is 6.78. The lowest BCUT2D eigenvalue weighted by Crippen LogP contribution is -2.20. The molecule has 4 heteroatoms. The maximum Gasteiger partial charge on any atom is 0.161 e. The number of hydrogen-bond acceptors (Lipinski definition) is 4. The largest absolute Gasteiger partial charge is 0.493 e. The minimum absolute atomic E-state index is 0.769. The molecule has 1 unspecified atom stereocenters. The second-order valence-electron chi connectivity index (χ2n) is 5.16. The van der Waals surface area contributed by atoms with Gasteiger partial charge in [0.2, 0.25) is 0 Å². The summed E-state index contributed by atoms with van der Waals surface area (Å²) < 4.78 is 10.6.